The molecule has 48 heavy (non-hydrogen) atoms. The van der Waals surface area contributed by atoms with E-state index < -0.39 is 0 Å². The van der Waals surface area contributed by atoms with Gasteiger partial charge in [-0.3, -0.25) is 19.3 Å². The number of pyridine rings is 1. The molecule has 0 unspecified atom stereocenters. The van der Waals surface area contributed by atoms with Crippen LogP contribution in [0.4, 0.5) is 0 Å². The molecule has 1 aromatic heterocycles. The van der Waals surface area contributed by atoms with Gasteiger partial charge in [-0.2, -0.15) is 0 Å². The summed E-state index contributed by atoms with van der Waals surface area (Å²) in [5.74, 6) is -0.0140. The van der Waals surface area contributed by atoms with Gasteiger partial charge < -0.3 is 9.80 Å². The van der Waals surface area contributed by atoms with Gasteiger partial charge in [0.05, 0.1) is 11.4 Å². The normalized spacial score (nSPS) is 15.7. The van der Waals surface area contributed by atoms with Crippen LogP contribution in [0.1, 0.15) is 49.5 Å². The summed E-state index contributed by atoms with van der Waals surface area (Å²) in [5.41, 5.74) is 6.01. The maximum absolute atomic E-state index is 13.8. The highest BCUT2D eigenvalue weighted by atomic mass is 16.2. The molecule has 0 atom stereocenters. The van der Waals surface area contributed by atoms with Gasteiger partial charge in [-0.25, -0.2) is 4.98 Å². The molecule has 3 heterocycles. The van der Waals surface area contributed by atoms with Crippen molar-refractivity contribution in [1.29, 1.82) is 0 Å². The van der Waals surface area contributed by atoms with Crippen LogP contribution >= 0.6 is 0 Å². The number of carbonyl (C=O) groups excluding carboxylic acids is 3. The minimum absolute atomic E-state index is 0.00432. The Labute approximate surface area is 281 Å². The van der Waals surface area contributed by atoms with Crippen LogP contribution in [0.5, 0.6) is 0 Å². The van der Waals surface area contributed by atoms with Crippen LogP contribution in [-0.4, -0.2) is 82.6 Å². The Morgan fingerprint density at radius 1 is 0.479 bits per heavy atom. The number of nitrogens with zero attached hydrogens (tertiary/aromatic N) is 4. The lowest BCUT2D eigenvalue weighted by Crippen LogP contribution is -2.54. The predicted molar refractivity (Wildman–Crippen MR) is 188 cm³/mol. The van der Waals surface area contributed by atoms with E-state index in [-0.39, 0.29) is 17.6 Å². The Bertz CT molecular complexity index is 1820. The molecule has 0 aliphatic carbocycles. The number of rotatable bonds is 7. The molecule has 240 valence electrons. The fourth-order valence-corrected chi connectivity index (χ4v) is 6.78. The molecule has 7 heteroatoms. The molecule has 5 aromatic rings. The number of piperidine rings is 1. The first-order chi connectivity index (χ1) is 23.5. The highest BCUT2D eigenvalue weighted by Gasteiger charge is 2.31. The van der Waals surface area contributed by atoms with Crippen LogP contribution in [-0.2, 0) is 0 Å². The first-order valence-electron chi connectivity index (χ1n) is 16.7. The number of hydrogen-bond acceptors (Lipinski definition) is 5. The smallest absolute Gasteiger partial charge is 0.254 e. The van der Waals surface area contributed by atoms with Gasteiger partial charge in [0, 0.05) is 78.7 Å². The third-order valence-corrected chi connectivity index (χ3v) is 9.51. The minimum Gasteiger partial charge on any atom is -0.339 e. The minimum atomic E-state index is -0.0492. The molecule has 7 rings (SSSR count). The van der Waals surface area contributed by atoms with Gasteiger partial charge in [0.2, 0.25) is 0 Å². The number of piperazine rings is 1. The van der Waals surface area contributed by atoms with Gasteiger partial charge in [-0.05, 0) is 37.1 Å². The van der Waals surface area contributed by atoms with Gasteiger partial charge in [-0.1, -0.05) is 103 Å². The molecule has 0 bridgehead atoms. The topological polar surface area (TPSA) is 73.8 Å². The molecule has 7 nitrogen and oxygen atoms in total. The largest absolute Gasteiger partial charge is 0.339 e. The summed E-state index contributed by atoms with van der Waals surface area (Å²) in [7, 11) is 0. The van der Waals surface area contributed by atoms with Crippen molar-refractivity contribution in [3.8, 4) is 22.5 Å². The third kappa shape index (κ3) is 6.82. The summed E-state index contributed by atoms with van der Waals surface area (Å²) < 4.78 is 0. The molecule has 0 saturated carbocycles. The average Bonchev–Trinajstić information content (AvgIpc) is 3.18. The van der Waals surface area contributed by atoms with E-state index >= 15 is 0 Å². The third-order valence-electron chi connectivity index (χ3n) is 9.51. The van der Waals surface area contributed by atoms with Gasteiger partial charge in [0.15, 0.2) is 5.78 Å². The lowest BCUT2D eigenvalue weighted by Gasteiger charge is -2.42. The van der Waals surface area contributed by atoms with Crippen molar-refractivity contribution >= 4 is 17.6 Å². The second-order valence-corrected chi connectivity index (χ2v) is 12.5. The van der Waals surface area contributed by atoms with E-state index in [2.05, 4.69) is 4.90 Å². The molecule has 2 saturated heterocycles. The highest BCUT2D eigenvalue weighted by Crippen LogP contribution is 2.27. The zero-order valence-corrected chi connectivity index (χ0v) is 26.9. The van der Waals surface area contributed by atoms with E-state index in [0.29, 0.717) is 54.5 Å². The maximum Gasteiger partial charge on any atom is 0.254 e. The van der Waals surface area contributed by atoms with E-state index in [1.165, 1.54) is 0 Å². The van der Waals surface area contributed by atoms with Crippen molar-refractivity contribution < 1.29 is 14.4 Å². The summed E-state index contributed by atoms with van der Waals surface area (Å²) in [5, 5.41) is 0. The molecular formula is C41H38N4O3. The van der Waals surface area contributed by atoms with Gasteiger partial charge in [-0.15, -0.1) is 0 Å². The van der Waals surface area contributed by atoms with Crippen molar-refractivity contribution in [2.45, 2.75) is 18.9 Å². The Hall–Kier alpha value is -5.40. The number of hydrogen-bond donors (Lipinski definition) is 0. The van der Waals surface area contributed by atoms with E-state index in [0.717, 1.165) is 48.4 Å². The summed E-state index contributed by atoms with van der Waals surface area (Å²) >= 11 is 0. The van der Waals surface area contributed by atoms with Crippen molar-refractivity contribution in [3.63, 3.8) is 0 Å². The molecular weight excluding hydrogens is 596 g/mol. The van der Waals surface area contributed by atoms with E-state index in [1.54, 1.807) is 36.4 Å². The molecule has 0 spiro atoms. The van der Waals surface area contributed by atoms with E-state index in [1.807, 2.05) is 101 Å². The SMILES string of the molecule is O=C(c1ccccc1)c1ccc(C(=O)N2CCC(N3CCN(C(=O)c4cc(-c5ccccc5)nc(-c5ccccc5)c4)CC3)CC2)cc1. The van der Waals surface area contributed by atoms with Crippen LogP contribution in [0, 0.1) is 0 Å². The number of ketones is 1. The molecule has 2 amide bonds. The van der Waals surface area contributed by atoms with Crippen LogP contribution in [0.2, 0.25) is 0 Å². The fraction of sp³-hybridized carbons (Fsp3) is 0.220. The zero-order chi connectivity index (χ0) is 32.9. The predicted octanol–water partition coefficient (Wildman–Crippen LogP) is 6.71. The lowest BCUT2D eigenvalue weighted by atomic mass is 9.99. The summed E-state index contributed by atoms with van der Waals surface area (Å²) in [6.45, 7) is 4.32. The van der Waals surface area contributed by atoms with Gasteiger partial charge in [0.25, 0.3) is 11.8 Å². The lowest BCUT2D eigenvalue weighted by molar-refractivity contribution is 0.0412. The average molecular weight is 635 g/mol. The Morgan fingerprint density at radius 2 is 0.917 bits per heavy atom. The Balaban J connectivity index is 0.950. The standard InChI is InChI=1S/C41H38N4O3/c46-39(32-14-8-3-9-15-32)33-16-18-34(19-17-33)40(47)44-22-20-36(21-23-44)43-24-26-45(27-25-43)41(48)35-28-37(30-10-4-1-5-11-30)42-38(29-35)31-12-6-2-7-13-31/h1-19,28-29,36H,20-27H2. The number of aromatic nitrogens is 1. The molecule has 2 fully saturated rings. The first-order valence-corrected chi connectivity index (χ1v) is 16.7. The Morgan fingerprint density at radius 3 is 1.46 bits per heavy atom. The molecule has 0 radical (unpaired) electrons. The van der Waals surface area contributed by atoms with Crippen LogP contribution in [0.25, 0.3) is 22.5 Å². The summed E-state index contributed by atoms with van der Waals surface area (Å²) in [6, 6.07) is 40.4. The van der Waals surface area contributed by atoms with Crippen LogP contribution < -0.4 is 0 Å². The maximum atomic E-state index is 13.8. The second-order valence-electron chi connectivity index (χ2n) is 12.5. The monoisotopic (exact) mass is 634 g/mol. The second kappa shape index (κ2) is 14.2. The van der Waals surface area contributed by atoms with Crippen molar-refractivity contribution in [1.82, 2.24) is 19.7 Å². The van der Waals surface area contributed by atoms with Crippen molar-refractivity contribution in [2.24, 2.45) is 0 Å². The summed E-state index contributed by atoms with van der Waals surface area (Å²) in [4.78, 5) is 51.2. The van der Waals surface area contributed by atoms with Crippen molar-refractivity contribution in [3.05, 3.63) is 150 Å². The zero-order valence-electron chi connectivity index (χ0n) is 26.9. The molecule has 0 N–H and O–H groups in total. The molecule has 4 aromatic carbocycles. The number of benzene rings is 4. The van der Waals surface area contributed by atoms with Gasteiger partial charge in [0.1, 0.15) is 0 Å². The quantitative estimate of drug-likeness (QED) is 0.186. The Kier molecular flexibility index (Phi) is 9.20. The number of carbonyl (C=O) groups is 3. The number of amides is 2. The van der Waals surface area contributed by atoms with E-state index in [4.69, 9.17) is 4.98 Å². The molecule has 2 aliphatic heterocycles. The van der Waals surface area contributed by atoms with Crippen molar-refractivity contribution in [2.75, 3.05) is 39.3 Å². The highest BCUT2D eigenvalue weighted by molar-refractivity contribution is 6.09. The first kappa shape index (κ1) is 31.2. The van der Waals surface area contributed by atoms with Crippen LogP contribution in [0.15, 0.2) is 127 Å². The summed E-state index contributed by atoms with van der Waals surface area (Å²) in [6.07, 6.45) is 1.80. The van der Waals surface area contributed by atoms with Gasteiger partial charge >= 0.3 is 0 Å². The van der Waals surface area contributed by atoms with E-state index in [9.17, 15) is 14.4 Å². The fourth-order valence-electron chi connectivity index (χ4n) is 6.78. The number of likely N-dealkylation sites (tertiary alicyclic amines) is 1. The molecule has 2 aliphatic rings. The van der Waals surface area contributed by atoms with Crippen LogP contribution in [0.3, 0.4) is 0 Å².